The van der Waals surface area contributed by atoms with Gasteiger partial charge in [-0.05, 0) is 62.7 Å². The molecule has 0 unspecified atom stereocenters. The molecule has 0 radical (unpaired) electrons. The van der Waals surface area contributed by atoms with Crippen molar-refractivity contribution in [2.45, 2.75) is 75.2 Å². The highest BCUT2D eigenvalue weighted by Crippen LogP contribution is 2.79. The third-order valence-corrected chi connectivity index (χ3v) is 10.8. The number of ether oxygens (including phenoxy) is 2. The zero-order valence-corrected chi connectivity index (χ0v) is 18.9. The van der Waals surface area contributed by atoms with Gasteiger partial charge in [-0.3, -0.25) is 0 Å². The number of hydrogen-bond donors (Lipinski definition) is 2. The van der Waals surface area contributed by atoms with Crippen LogP contribution >= 0.6 is 0 Å². The summed E-state index contributed by atoms with van der Waals surface area (Å²) in [7, 11) is 4.05. The number of aliphatic hydroxyl groups is 1. The highest BCUT2D eigenvalue weighted by molar-refractivity contribution is 5.65. The van der Waals surface area contributed by atoms with Crippen molar-refractivity contribution in [2.75, 3.05) is 20.7 Å². The largest absolute Gasteiger partial charge is 0.504 e. The van der Waals surface area contributed by atoms with Crippen molar-refractivity contribution in [3.63, 3.8) is 0 Å². The van der Waals surface area contributed by atoms with Crippen LogP contribution in [0.4, 0.5) is 0 Å². The second-order valence-electron chi connectivity index (χ2n) is 12.0. The molecule has 3 fully saturated rings. The van der Waals surface area contributed by atoms with Gasteiger partial charge < -0.3 is 24.6 Å². The molecule has 1 saturated heterocycles. The molecule has 2 heterocycles. The van der Waals surface area contributed by atoms with Gasteiger partial charge >= 0.3 is 0 Å². The van der Waals surface area contributed by atoms with Crippen LogP contribution in [0.3, 0.4) is 0 Å². The van der Waals surface area contributed by atoms with Gasteiger partial charge in [-0.2, -0.15) is 0 Å². The number of methoxy groups -OCH3 is 1. The lowest BCUT2D eigenvalue weighted by Gasteiger charge is -2.74. The number of aromatic hydroxyl groups is 1. The molecule has 2 saturated carbocycles. The SMILES string of the molecule is CO[C@]12C=C[C@@]3(C[C@@]14CCC(C)(C)[C@@H]4O)[C@H]1Cc4ccc(O)c5c4[C@@]3(CCN1C)[C@@H]2O5. The summed E-state index contributed by atoms with van der Waals surface area (Å²) in [6.45, 7) is 5.39. The van der Waals surface area contributed by atoms with E-state index in [1.807, 2.05) is 0 Å². The molecule has 1 aromatic rings. The van der Waals surface area contributed by atoms with E-state index >= 15 is 0 Å². The molecule has 8 rings (SSSR count). The molecule has 7 aliphatic rings. The number of rotatable bonds is 1. The van der Waals surface area contributed by atoms with Crippen molar-refractivity contribution < 1.29 is 19.7 Å². The summed E-state index contributed by atoms with van der Waals surface area (Å²) in [6.07, 6.45) is 8.79. The molecule has 0 aromatic heterocycles. The zero-order valence-electron chi connectivity index (χ0n) is 18.9. The second kappa shape index (κ2) is 5.16. The number of phenols is 1. The van der Waals surface area contributed by atoms with Gasteiger partial charge in [-0.25, -0.2) is 0 Å². The monoisotopic (exact) mass is 423 g/mol. The van der Waals surface area contributed by atoms with Crippen molar-refractivity contribution >= 4 is 0 Å². The van der Waals surface area contributed by atoms with E-state index in [0.717, 1.165) is 38.6 Å². The Bertz CT molecular complexity index is 1050. The summed E-state index contributed by atoms with van der Waals surface area (Å²) in [5.74, 6) is 0.908. The maximum atomic E-state index is 11.9. The topological polar surface area (TPSA) is 62.2 Å². The fraction of sp³-hybridized carbons (Fsp3) is 0.692. The molecule has 166 valence electrons. The van der Waals surface area contributed by atoms with Crippen LogP contribution in [0, 0.1) is 16.2 Å². The van der Waals surface area contributed by atoms with Gasteiger partial charge in [0.2, 0.25) is 0 Å². The molecule has 5 aliphatic carbocycles. The zero-order chi connectivity index (χ0) is 21.6. The molecule has 4 bridgehead atoms. The first kappa shape index (κ1) is 19.0. The number of likely N-dealkylation sites (N-methyl/N-ethyl adjacent to an activating group) is 1. The molecule has 2 aliphatic heterocycles. The lowest BCUT2D eigenvalue weighted by atomic mass is 9.33. The average molecular weight is 424 g/mol. The molecule has 2 N–H and O–H groups in total. The highest BCUT2D eigenvalue weighted by atomic mass is 16.6. The molecule has 5 nitrogen and oxygen atoms in total. The van der Waals surface area contributed by atoms with E-state index in [-0.39, 0.29) is 33.5 Å². The molecule has 5 heteroatoms. The van der Waals surface area contributed by atoms with Crippen LogP contribution in [0.1, 0.15) is 50.7 Å². The van der Waals surface area contributed by atoms with E-state index in [9.17, 15) is 10.2 Å². The summed E-state index contributed by atoms with van der Waals surface area (Å²) >= 11 is 0. The third kappa shape index (κ3) is 1.63. The molecule has 1 aromatic carbocycles. The molecule has 31 heavy (non-hydrogen) atoms. The van der Waals surface area contributed by atoms with Crippen LogP contribution in [0.15, 0.2) is 24.3 Å². The Labute approximate surface area is 184 Å². The van der Waals surface area contributed by atoms with Crippen LogP contribution < -0.4 is 4.74 Å². The lowest BCUT2D eigenvalue weighted by molar-refractivity contribution is -0.271. The Kier molecular flexibility index (Phi) is 3.15. The minimum Gasteiger partial charge on any atom is -0.504 e. The van der Waals surface area contributed by atoms with E-state index < -0.39 is 11.7 Å². The number of piperidine rings is 1. The molecule has 7 atom stereocenters. The number of likely N-dealkylation sites (tertiary alicyclic amines) is 1. The van der Waals surface area contributed by atoms with Gasteiger partial charge in [-0.1, -0.05) is 32.1 Å². The summed E-state index contributed by atoms with van der Waals surface area (Å²) in [5.41, 5.74) is 0.949. The Balaban J connectivity index is 1.58. The first-order chi connectivity index (χ1) is 14.7. The van der Waals surface area contributed by atoms with E-state index in [1.54, 1.807) is 13.2 Å². The minimum absolute atomic E-state index is 0.127. The maximum absolute atomic E-state index is 11.9. The Morgan fingerprint density at radius 1 is 1.16 bits per heavy atom. The highest BCUT2D eigenvalue weighted by Gasteiger charge is 2.84. The Hall–Kier alpha value is -1.56. The molecule has 0 amide bonds. The van der Waals surface area contributed by atoms with Gasteiger partial charge in [0.05, 0.1) is 11.5 Å². The number of phenolic OH excluding ortho intramolecular Hbond substituents is 1. The van der Waals surface area contributed by atoms with Gasteiger partial charge in [0.1, 0.15) is 11.7 Å². The van der Waals surface area contributed by atoms with Gasteiger partial charge in [0.15, 0.2) is 11.5 Å². The first-order valence-electron chi connectivity index (χ1n) is 11.8. The summed E-state index contributed by atoms with van der Waals surface area (Å²) in [6, 6.07) is 4.26. The Morgan fingerprint density at radius 3 is 2.68 bits per heavy atom. The van der Waals surface area contributed by atoms with Crippen LogP contribution in [-0.4, -0.2) is 59.7 Å². The van der Waals surface area contributed by atoms with Crippen molar-refractivity contribution in [3.8, 4) is 11.5 Å². The van der Waals surface area contributed by atoms with Gasteiger partial charge in [-0.15, -0.1) is 0 Å². The van der Waals surface area contributed by atoms with Crippen molar-refractivity contribution in [2.24, 2.45) is 16.2 Å². The lowest BCUT2D eigenvalue weighted by Crippen LogP contribution is -2.82. The van der Waals surface area contributed by atoms with Gasteiger partial charge in [0, 0.05) is 29.5 Å². The van der Waals surface area contributed by atoms with E-state index in [4.69, 9.17) is 9.47 Å². The smallest absolute Gasteiger partial charge is 0.165 e. The van der Waals surface area contributed by atoms with Gasteiger partial charge in [0.25, 0.3) is 0 Å². The summed E-state index contributed by atoms with van der Waals surface area (Å²) in [4.78, 5) is 2.53. The number of hydrogen-bond acceptors (Lipinski definition) is 5. The number of aliphatic hydroxyl groups excluding tert-OH is 1. The quantitative estimate of drug-likeness (QED) is 0.680. The van der Waals surface area contributed by atoms with Crippen LogP contribution in [0.2, 0.25) is 0 Å². The van der Waals surface area contributed by atoms with E-state index in [2.05, 4.69) is 44.0 Å². The van der Waals surface area contributed by atoms with Crippen molar-refractivity contribution in [3.05, 3.63) is 35.4 Å². The summed E-state index contributed by atoms with van der Waals surface area (Å²) in [5, 5.41) is 22.7. The summed E-state index contributed by atoms with van der Waals surface area (Å²) < 4.78 is 13.3. The fourth-order valence-electron chi connectivity index (χ4n) is 9.49. The standard InChI is InChI=1S/C26H33NO4/c1-22(2)7-8-24(20(22)29)14-23-9-10-26(24,30-4)21-25(23)11-12-27(3)17(23)13-15-5-6-16(28)19(31-21)18(15)25/h5-6,9-10,17,20-21,28-29H,7-8,11-14H2,1-4H3/t17-,20+,21+,23-,24-,25+,26+/m1/s1. The predicted octanol–water partition coefficient (Wildman–Crippen LogP) is 3.16. The minimum atomic E-state index is -0.706. The number of nitrogens with zero attached hydrogens (tertiary/aromatic N) is 1. The van der Waals surface area contributed by atoms with E-state index in [1.165, 1.54) is 11.1 Å². The second-order valence-corrected chi connectivity index (χ2v) is 12.0. The molecular formula is C26H33NO4. The third-order valence-electron chi connectivity index (χ3n) is 10.8. The van der Waals surface area contributed by atoms with Crippen LogP contribution in [-0.2, 0) is 16.6 Å². The Morgan fingerprint density at radius 2 is 1.97 bits per heavy atom. The molecule has 3 spiro atoms. The van der Waals surface area contributed by atoms with E-state index in [0.29, 0.717) is 11.8 Å². The van der Waals surface area contributed by atoms with Crippen molar-refractivity contribution in [1.82, 2.24) is 4.90 Å². The van der Waals surface area contributed by atoms with Crippen LogP contribution in [0.5, 0.6) is 11.5 Å². The normalized spacial score (nSPS) is 50.0. The molecular weight excluding hydrogens is 390 g/mol. The maximum Gasteiger partial charge on any atom is 0.165 e. The predicted molar refractivity (Wildman–Crippen MR) is 116 cm³/mol. The fourth-order valence-corrected chi connectivity index (χ4v) is 9.49. The van der Waals surface area contributed by atoms with Crippen LogP contribution in [0.25, 0.3) is 0 Å². The number of benzene rings is 1. The van der Waals surface area contributed by atoms with Crippen molar-refractivity contribution in [1.29, 1.82) is 0 Å². The average Bonchev–Trinajstić information content (AvgIpc) is 3.22. The first-order valence-corrected chi connectivity index (χ1v) is 11.8.